The van der Waals surface area contributed by atoms with Crippen molar-refractivity contribution in [1.29, 1.82) is 0 Å². The molecule has 0 fully saturated rings. The largest absolute Gasteiger partial charge is 0.143 e. The van der Waals surface area contributed by atoms with Gasteiger partial charge in [0.05, 0.1) is 4.71 Å². The Balaban J connectivity index is 2.75. The van der Waals surface area contributed by atoms with Crippen LogP contribution in [0.4, 0.5) is 0 Å². The summed E-state index contributed by atoms with van der Waals surface area (Å²) >= 11 is 7.56. The van der Waals surface area contributed by atoms with Crippen LogP contribution in [0.2, 0.25) is 0 Å². The zero-order valence-corrected chi connectivity index (χ0v) is 7.76. The lowest BCUT2D eigenvalue weighted by atomic mass is 10.3. The molecule has 0 aromatic rings. The molecule has 0 amide bonds. The molecule has 0 N–H and O–H groups in total. The van der Waals surface area contributed by atoms with E-state index in [0.29, 0.717) is 4.71 Å². The zero-order chi connectivity index (χ0) is 7.11. The number of thioether (sulfide) groups is 1. The molecule has 0 aliphatic heterocycles. The highest BCUT2D eigenvalue weighted by molar-refractivity contribution is 8.01. The Hall–Kier alpha value is 0.640. The standard InChI is InChI=1S/C7H15ClS/c1-3-4-5-6-9-7(2)8/h7H,3-6H2,1-2H3. The van der Waals surface area contributed by atoms with Gasteiger partial charge in [0.15, 0.2) is 0 Å². The van der Waals surface area contributed by atoms with Gasteiger partial charge in [-0.15, -0.1) is 23.4 Å². The molecule has 0 nitrogen and oxygen atoms in total. The van der Waals surface area contributed by atoms with E-state index < -0.39 is 0 Å². The molecular formula is C7H15ClS. The summed E-state index contributed by atoms with van der Waals surface area (Å²) in [6.45, 7) is 4.24. The summed E-state index contributed by atoms with van der Waals surface area (Å²) in [5.74, 6) is 1.22. The van der Waals surface area contributed by atoms with E-state index in [4.69, 9.17) is 11.6 Å². The maximum absolute atomic E-state index is 5.72. The molecule has 0 radical (unpaired) electrons. The minimum Gasteiger partial charge on any atom is -0.143 e. The first-order valence-electron chi connectivity index (χ1n) is 3.53. The van der Waals surface area contributed by atoms with Crippen molar-refractivity contribution in [3.63, 3.8) is 0 Å². The minimum absolute atomic E-state index is 0.293. The molecule has 0 bridgehead atoms. The Morgan fingerprint density at radius 1 is 1.44 bits per heavy atom. The molecule has 0 rings (SSSR count). The van der Waals surface area contributed by atoms with Crippen molar-refractivity contribution in [1.82, 2.24) is 0 Å². The number of unbranched alkanes of at least 4 members (excludes halogenated alkanes) is 2. The van der Waals surface area contributed by atoms with E-state index in [2.05, 4.69) is 6.92 Å². The van der Waals surface area contributed by atoms with Crippen LogP contribution in [-0.2, 0) is 0 Å². The van der Waals surface area contributed by atoms with Gasteiger partial charge in [-0.25, -0.2) is 0 Å². The predicted molar refractivity (Wildman–Crippen MR) is 47.3 cm³/mol. The fourth-order valence-corrected chi connectivity index (χ4v) is 1.56. The van der Waals surface area contributed by atoms with Gasteiger partial charge in [-0.3, -0.25) is 0 Å². The Morgan fingerprint density at radius 2 is 2.11 bits per heavy atom. The van der Waals surface area contributed by atoms with Gasteiger partial charge in [0.1, 0.15) is 0 Å². The third kappa shape index (κ3) is 8.64. The van der Waals surface area contributed by atoms with Crippen molar-refractivity contribution >= 4 is 23.4 Å². The van der Waals surface area contributed by atoms with Crippen molar-refractivity contribution in [3.05, 3.63) is 0 Å². The fraction of sp³-hybridized carbons (Fsp3) is 1.00. The summed E-state index contributed by atoms with van der Waals surface area (Å²) in [5.41, 5.74) is 0. The van der Waals surface area contributed by atoms with Crippen LogP contribution in [0.5, 0.6) is 0 Å². The highest BCUT2D eigenvalue weighted by atomic mass is 35.5. The topological polar surface area (TPSA) is 0 Å². The highest BCUT2D eigenvalue weighted by Crippen LogP contribution is 2.15. The van der Waals surface area contributed by atoms with Crippen LogP contribution in [0.1, 0.15) is 33.1 Å². The van der Waals surface area contributed by atoms with Gasteiger partial charge in [-0.05, 0) is 19.1 Å². The van der Waals surface area contributed by atoms with Crippen molar-refractivity contribution < 1.29 is 0 Å². The maximum atomic E-state index is 5.72. The first-order valence-corrected chi connectivity index (χ1v) is 5.01. The average Bonchev–Trinajstić information content (AvgIpc) is 1.80. The Labute approximate surface area is 67.4 Å². The molecule has 0 aromatic heterocycles. The van der Waals surface area contributed by atoms with E-state index in [1.807, 2.05) is 18.7 Å². The molecular weight excluding hydrogens is 152 g/mol. The zero-order valence-electron chi connectivity index (χ0n) is 6.19. The molecule has 2 heteroatoms. The SMILES string of the molecule is CCCCCSC(C)Cl. The van der Waals surface area contributed by atoms with Crippen LogP contribution in [0.3, 0.4) is 0 Å². The van der Waals surface area contributed by atoms with Gasteiger partial charge in [0, 0.05) is 0 Å². The third-order valence-corrected chi connectivity index (χ3v) is 2.46. The van der Waals surface area contributed by atoms with Crippen LogP contribution < -0.4 is 0 Å². The average molecular weight is 167 g/mol. The Kier molecular flexibility index (Phi) is 7.24. The molecule has 0 aliphatic rings. The minimum atomic E-state index is 0.293. The van der Waals surface area contributed by atoms with Crippen molar-refractivity contribution in [2.24, 2.45) is 0 Å². The smallest absolute Gasteiger partial charge is 0.0760 e. The molecule has 1 atom stereocenters. The lowest BCUT2D eigenvalue weighted by Crippen LogP contribution is -1.85. The number of alkyl halides is 1. The summed E-state index contributed by atoms with van der Waals surface area (Å²) in [4.78, 5) is 0. The first-order chi connectivity index (χ1) is 4.27. The number of hydrogen-bond donors (Lipinski definition) is 0. The molecule has 0 aromatic carbocycles. The van der Waals surface area contributed by atoms with Gasteiger partial charge in [0.2, 0.25) is 0 Å². The van der Waals surface area contributed by atoms with Gasteiger partial charge < -0.3 is 0 Å². The number of hydrogen-bond acceptors (Lipinski definition) is 1. The van der Waals surface area contributed by atoms with E-state index in [1.165, 1.54) is 25.0 Å². The van der Waals surface area contributed by atoms with Gasteiger partial charge in [-0.1, -0.05) is 19.8 Å². The highest BCUT2D eigenvalue weighted by Gasteiger charge is 1.93. The molecule has 0 saturated carbocycles. The van der Waals surface area contributed by atoms with Gasteiger partial charge >= 0.3 is 0 Å². The third-order valence-electron chi connectivity index (χ3n) is 1.10. The summed E-state index contributed by atoms with van der Waals surface area (Å²) in [6.07, 6.45) is 3.96. The normalized spacial score (nSPS) is 13.7. The summed E-state index contributed by atoms with van der Waals surface area (Å²) in [5, 5.41) is 0. The summed E-state index contributed by atoms with van der Waals surface area (Å²) in [6, 6.07) is 0. The van der Waals surface area contributed by atoms with E-state index in [0.717, 1.165) is 0 Å². The van der Waals surface area contributed by atoms with E-state index in [1.54, 1.807) is 0 Å². The molecule has 0 aliphatic carbocycles. The van der Waals surface area contributed by atoms with E-state index in [-0.39, 0.29) is 0 Å². The van der Waals surface area contributed by atoms with Crippen molar-refractivity contribution in [3.8, 4) is 0 Å². The van der Waals surface area contributed by atoms with Crippen LogP contribution in [0, 0.1) is 0 Å². The van der Waals surface area contributed by atoms with Gasteiger partial charge in [-0.2, -0.15) is 0 Å². The Bertz CT molecular complexity index is 54.9. The van der Waals surface area contributed by atoms with Crippen LogP contribution >= 0.6 is 23.4 Å². The summed E-state index contributed by atoms with van der Waals surface area (Å²) in [7, 11) is 0. The summed E-state index contributed by atoms with van der Waals surface area (Å²) < 4.78 is 0.293. The molecule has 1 unspecified atom stereocenters. The monoisotopic (exact) mass is 166 g/mol. The maximum Gasteiger partial charge on any atom is 0.0760 e. The lowest BCUT2D eigenvalue weighted by Gasteiger charge is -2.00. The van der Waals surface area contributed by atoms with E-state index in [9.17, 15) is 0 Å². The van der Waals surface area contributed by atoms with E-state index >= 15 is 0 Å². The van der Waals surface area contributed by atoms with Crippen molar-refractivity contribution in [2.45, 2.75) is 37.8 Å². The number of rotatable bonds is 5. The number of halogens is 1. The molecule has 0 heterocycles. The molecule has 9 heavy (non-hydrogen) atoms. The quantitative estimate of drug-likeness (QED) is 0.445. The second kappa shape index (κ2) is 6.76. The Morgan fingerprint density at radius 3 is 2.56 bits per heavy atom. The first kappa shape index (κ1) is 9.64. The predicted octanol–water partition coefficient (Wildman–Crippen LogP) is 3.49. The van der Waals surface area contributed by atoms with Gasteiger partial charge in [0.25, 0.3) is 0 Å². The second-order valence-corrected chi connectivity index (χ2v) is 4.48. The molecule has 0 saturated heterocycles. The fourth-order valence-electron chi connectivity index (χ4n) is 0.598. The molecule has 0 spiro atoms. The lowest BCUT2D eigenvalue weighted by molar-refractivity contribution is 0.778. The molecule has 56 valence electrons. The second-order valence-electron chi connectivity index (χ2n) is 2.12. The van der Waals surface area contributed by atoms with Crippen LogP contribution in [0.15, 0.2) is 0 Å². The van der Waals surface area contributed by atoms with Crippen LogP contribution in [-0.4, -0.2) is 10.5 Å². The van der Waals surface area contributed by atoms with Crippen LogP contribution in [0.25, 0.3) is 0 Å². The van der Waals surface area contributed by atoms with Crippen molar-refractivity contribution in [2.75, 3.05) is 5.75 Å².